The summed E-state index contributed by atoms with van der Waals surface area (Å²) in [5, 5.41) is 10.4. The molecule has 174 valence electrons. The van der Waals surface area contributed by atoms with E-state index in [4.69, 9.17) is 15.7 Å². The summed E-state index contributed by atoms with van der Waals surface area (Å²) in [5.41, 5.74) is 12.8. The van der Waals surface area contributed by atoms with Gasteiger partial charge in [0.2, 0.25) is 0 Å². The Morgan fingerprint density at radius 3 is 2.43 bits per heavy atom. The molecule has 1 saturated carbocycles. The van der Waals surface area contributed by atoms with E-state index in [1.54, 1.807) is 12.1 Å². The zero-order valence-electron chi connectivity index (χ0n) is 19.3. The molecule has 0 radical (unpaired) electrons. The van der Waals surface area contributed by atoms with Crippen LogP contribution in [0.2, 0.25) is 0 Å². The third kappa shape index (κ3) is 3.81. The third-order valence-electron chi connectivity index (χ3n) is 7.04. The molecule has 1 fully saturated rings. The summed E-state index contributed by atoms with van der Waals surface area (Å²) < 4.78 is 2.31. The number of benzene rings is 3. The van der Waals surface area contributed by atoms with Crippen LogP contribution in [0.15, 0.2) is 72.8 Å². The number of hydrogen-bond acceptors (Lipinski definition) is 4. The van der Waals surface area contributed by atoms with E-state index in [9.17, 15) is 9.90 Å². The number of aromatic nitrogens is 3. The Hall–Kier alpha value is -4.19. The molecule has 0 bridgehead atoms. The molecule has 0 spiro atoms. The average molecular weight is 463 g/mol. The van der Waals surface area contributed by atoms with Gasteiger partial charge in [0.1, 0.15) is 5.82 Å². The molecule has 35 heavy (non-hydrogen) atoms. The lowest BCUT2D eigenvalue weighted by Crippen LogP contribution is -2.14. The minimum atomic E-state index is -0.945. The van der Waals surface area contributed by atoms with Gasteiger partial charge in [0.05, 0.1) is 27.8 Å². The zero-order chi connectivity index (χ0) is 23.9. The molecule has 0 amide bonds. The van der Waals surface area contributed by atoms with E-state index >= 15 is 0 Å². The number of anilines is 1. The zero-order valence-corrected chi connectivity index (χ0v) is 19.3. The first-order chi connectivity index (χ1) is 17.1. The third-order valence-corrected chi connectivity index (χ3v) is 7.04. The number of aromatic carboxylic acids is 1. The molecular formula is C29H26N4O2. The normalized spacial score (nSPS) is 14.5. The van der Waals surface area contributed by atoms with Crippen LogP contribution in [0.25, 0.3) is 44.6 Å². The van der Waals surface area contributed by atoms with Crippen LogP contribution in [-0.2, 0) is 0 Å². The van der Waals surface area contributed by atoms with Crippen molar-refractivity contribution < 1.29 is 9.90 Å². The summed E-state index contributed by atoms with van der Waals surface area (Å²) in [6, 6.07) is 23.6. The molecule has 1 aliphatic rings. The van der Waals surface area contributed by atoms with Gasteiger partial charge >= 0.3 is 5.97 Å². The molecule has 0 aliphatic heterocycles. The SMILES string of the molecule is Nc1cc(-c2ccccc2)nc2ccc(-c3nc4cc(C(=O)O)ccc4n3C3CCCCC3)cc12. The van der Waals surface area contributed by atoms with Crippen molar-refractivity contribution in [3.05, 3.63) is 78.4 Å². The van der Waals surface area contributed by atoms with Crippen LogP contribution in [0, 0.1) is 0 Å². The number of carboxylic acid groups (broad SMARTS) is 1. The second kappa shape index (κ2) is 8.55. The Kier molecular flexibility index (Phi) is 5.21. The Morgan fingerprint density at radius 2 is 1.66 bits per heavy atom. The Bertz CT molecular complexity index is 1570. The molecular weight excluding hydrogens is 436 g/mol. The van der Waals surface area contributed by atoms with Crippen molar-refractivity contribution in [3.8, 4) is 22.6 Å². The van der Waals surface area contributed by atoms with Gasteiger partial charge in [-0.25, -0.2) is 14.8 Å². The van der Waals surface area contributed by atoms with E-state index in [2.05, 4.69) is 10.6 Å². The number of rotatable bonds is 4. The fourth-order valence-electron chi connectivity index (χ4n) is 5.29. The second-order valence-corrected chi connectivity index (χ2v) is 9.30. The molecule has 0 saturated heterocycles. The highest BCUT2D eigenvalue weighted by atomic mass is 16.4. The maximum atomic E-state index is 11.6. The first-order valence-corrected chi connectivity index (χ1v) is 12.1. The van der Waals surface area contributed by atoms with Crippen molar-refractivity contribution in [2.24, 2.45) is 0 Å². The number of pyridine rings is 1. The van der Waals surface area contributed by atoms with Crippen molar-refractivity contribution in [3.63, 3.8) is 0 Å². The Labute approximate surface area is 203 Å². The van der Waals surface area contributed by atoms with Gasteiger partial charge in [0.15, 0.2) is 0 Å². The van der Waals surface area contributed by atoms with E-state index in [-0.39, 0.29) is 5.56 Å². The number of carboxylic acids is 1. The highest BCUT2D eigenvalue weighted by Crippen LogP contribution is 2.37. The van der Waals surface area contributed by atoms with Gasteiger partial charge in [-0.15, -0.1) is 0 Å². The fraction of sp³-hybridized carbons (Fsp3) is 0.207. The molecule has 6 nitrogen and oxygen atoms in total. The standard InChI is InChI=1S/C29H26N4O2/c30-23-17-25(18-7-3-1-4-8-18)31-24-13-11-19(15-22(23)24)28-32-26-16-20(29(34)35)12-14-27(26)33(28)21-9-5-2-6-10-21/h1,3-4,7-8,11-17,21H,2,5-6,9-10H2,(H2,30,31)(H,34,35). The predicted molar refractivity (Wildman–Crippen MR) is 139 cm³/mol. The van der Waals surface area contributed by atoms with E-state index in [0.29, 0.717) is 17.2 Å². The molecule has 0 unspecified atom stereocenters. The molecule has 2 aromatic heterocycles. The van der Waals surface area contributed by atoms with Crippen molar-refractivity contribution in [2.45, 2.75) is 38.1 Å². The Balaban J connectivity index is 1.52. The molecule has 1 aliphatic carbocycles. The van der Waals surface area contributed by atoms with Crippen LogP contribution in [0.5, 0.6) is 0 Å². The highest BCUT2D eigenvalue weighted by Gasteiger charge is 2.23. The van der Waals surface area contributed by atoms with E-state index < -0.39 is 5.97 Å². The van der Waals surface area contributed by atoms with Gasteiger partial charge < -0.3 is 15.4 Å². The number of nitrogens with two attached hydrogens (primary N) is 1. The Morgan fingerprint density at radius 1 is 0.857 bits per heavy atom. The number of nitrogen functional groups attached to an aromatic ring is 1. The van der Waals surface area contributed by atoms with Gasteiger partial charge in [0.25, 0.3) is 0 Å². The van der Waals surface area contributed by atoms with Crippen LogP contribution in [0.3, 0.4) is 0 Å². The summed E-state index contributed by atoms with van der Waals surface area (Å²) in [5.74, 6) is -0.0951. The minimum Gasteiger partial charge on any atom is -0.478 e. The summed E-state index contributed by atoms with van der Waals surface area (Å²) in [7, 11) is 0. The quantitative estimate of drug-likeness (QED) is 0.310. The van der Waals surface area contributed by atoms with Crippen molar-refractivity contribution in [1.29, 1.82) is 0 Å². The monoisotopic (exact) mass is 462 g/mol. The lowest BCUT2D eigenvalue weighted by Gasteiger charge is -2.25. The van der Waals surface area contributed by atoms with Crippen LogP contribution < -0.4 is 5.73 Å². The van der Waals surface area contributed by atoms with Gasteiger partial charge in [-0.05, 0) is 55.3 Å². The van der Waals surface area contributed by atoms with Gasteiger partial charge in [-0.3, -0.25) is 0 Å². The van der Waals surface area contributed by atoms with E-state index in [1.807, 2.05) is 54.6 Å². The number of carbonyl (C=O) groups is 1. The number of fused-ring (bicyclic) bond motifs is 2. The largest absolute Gasteiger partial charge is 0.478 e. The maximum Gasteiger partial charge on any atom is 0.335 e. The van der Waals surface area contributed by atoms with Crippen LogP contribution in [0.4, 0.5) is 5.69 Å². The van der Waals surface area contributed by atoms with Gasteiger partial charge in [-0.1, -0.05) is 49.6 Å². The van der Waals surface area contributed by atoms with Crippen molar-refractivity contribution in [1.82, 2.24) is 14.5 Å². The first kappa shape index (κ1) is 21.4. The van der Waals surface area contributed by atoms with Crippen molar-refractivity contribution >= 4 is 33.6 Å². The van der Waals surface area contributed by atoms with Crippen LogP contribution in [-0.4, -0.2) is 25.6 Å². The molecule has 6 rings (SSSR count). The molecule has 2 heterocycles. The minimum absolute atomic E-state index is 0.248. The van der Waals surface area contributed by atoms with E-state index in [0.717, 1.165) is 51.9 Å². The summed E-state index contributed by atoms with van der Waals surface area (Å²) >= 11 is 0. The number of nitrogens with zero attached hydrogens (tertiary/aromatic N) is 3. The maximum absolute atomic E-state index is 11.6. The van der Waals surface area contributed by atoms with Gasteiger partial charge in [-0.2, -0.15) is 0 Å². The molecule has 5 aromatic rings. The van der Waals surface area contributed by atoms with Crippen molar-refractivity contribution in [2.75, 3.05) is 5.73 Å². The molecule has 3 aromatic carbocycles. The van der Waals surface area contributed by atoms with E-state index in [1.165, 1.54) is 19.3 Å². The second-order valence-electron chi connectivity index (χ2n) is 9.30. The topological polar surface area (TPSA) is 94.0 Å². The first-order valence-electron chi connectivity index (χ1n) is 12.1. The van der Waals surface area contributed by atoms with Gasteiger partial charge in [0, 0.05) is 28.2 Å². The summed E-state index contributed by atoms with van der Waals surface area (Å²) in [4.78, 5) is 21.4. The summed E-state index contributed by atoms with van der Waals surface area (Å²) in [6.45, 7) is 0. The fourth-order valence-corrected chi connectivity index (χ4v) is 5.29. The lowest BCUT2D eigenvalue weighted by molar-refractivity contribution is 0.0697. The predicted octanol–water partition coefficient (Wildman–Crippen LogP) is 6.70. The summed E-state index contributed by atoms with van der Waals surface area (Å²) in [6.07, 6.45) is 5.82. The molecule has 0 atom stereocenters. The number of hydrogen-bond donors (Lipinski definition) is 2. The average Bonchev–Trinajstić information content (AvgIpc) is 3.28. The highest BCUT2D eigenvalue weighted by molar-refractivity contribution is 5.96. The number of imidazole rings is 1. The molecule has 6 heteroatoms. The van der Waals surface area contributed by atoms with Crippen LogP contribution >= 0.6 is 0 Å². The van der Waals surface area contributed by atoms with Crippen LogP contribution in [0.1, 0.15) is 48.5 Å². The molecule has 3 N–H and O–H groups in total. The lowest BCUT2D eigenvalue weighted by atomic mass is 9.94. The smallest absolute Gasteiger partial charge is 0.335 e.